The molecule has 8 atom stereocenters. The van der Waals surface area contributed by atoms with Gasteiger partial charge in [-0.05, 0) is 68.9 Å². The number of carbonyl (C=O) groups is 3. The van der Waals surface area contributed by atoms with E-state index in [4.69, 9.17) is 4.74 Å². The Morgan fingerprint density at radius 3 is 2.54 bits per heavy atom. The molecule has 0 aromatic heterocycles. The third-order valence-corrected chi connectivity index (χ3v) is 11.2. The van der Waals surface area contributed by atoms with Crippen molar-refractivity contribution in [1.82, 2.24) is 0 Å². The second-order valence-electron chi connectivity index (χ2n) is 12.1. The average molecular weight is 599 g/mol. The van der Waals surface area contributed by atoms with Crippen molar-refractivity contribution < 1.29 is 76.3 Å². The summed E-state index contributed by atoms with van der Waals surface area (Å²) in [6.45, 7) is 4.02. The topological polar surface area (TPSA) is 158 Å². The summed E-state index contributed by atoms with van der Waals surface area (Å²) in [6.07, 6.45) is 3.34. The summed E-state index contributed by atoms with van der Waals surface area (Å²) in [5.74, 6) is -4.13. The number of rotatable bonds is 5. The number of aliphatic hydroxyl groups is 2. The number of allylic oxidation sites excluding steroid dienone is 4. The molecule has 3 saturated carbocycles. The number of ether oxygens (including phenoxy) is 1. The average Bonchev–Trinajstić information content (AvgIpc) is 3.11. The van der Waals surface area contributed by atoms with Crippen LogP contribution in [0.25, 0.3) is 0 Å². The van der Waals surface area contributed by atoms with Crippen molar-refractivity contribution in [3.8, 4) is 0 Å². The fraction of sp³-hybridized carbons (Fsp3) is 0.552. The van der Waals surface area contributed by atoms with Gasteiger partial charge in [-0.25, -0.2) is 17.6 Å². The second kappa shape index (κ2) is 10.5. The Hall–Kier alpha value is -1.73. The summed E-state index contributed by atoms with van der Waals surface area (Å²) in [4.78, 5) is 38.4. The molecule has 0 radical (unpaired) electrons. The Labute approximate surface area is 260 Å². The zero-order valence-corrected chi connectivity index (χ0v) is 26.2. The first kappa shape index (κ1) is 32.2. The summed E-state index contributed by atoms with van der Waals surface area (Å²) < 4.78 is 57.9. The van der Waals surface area contributed by atoms with E-state index in [9.17, 15) is 37.6 Å². The van der Waals surface area contributed by atoms with Gasteiger partial charge in [-0.15, -0.1) is 0 Å². The number of aliphatic hydroxyl groups excluding tert-OH is 2. The Morgan fingerprint density at radius 2 is 1.90 bits per heavy atom. The number of halogens is 1. The summed E-state index contributed by atoms with van der Waals surface area (Å²) in [5.41, 5.74) is -6.36. The van der Waals surface area contributed by atoms with E-state index in [2.05, 4.69) is 0 Å². The standard InChI is InChI=1S/C29H33FO9S.Na/c1-16-11-22-21-8-7-18-13-19(32)9-10-26(18,2)28(21,30)23(33)14-27(22,3)29(16,24(34)15-31)39-25(35)17-5-4-6-20(12-17)40(36,37)38;/h4-6,9-10,12-13,16,21-23,31,33H,7-8,11,14-15H2,1-3H3,(H,36,37,38);/q;+1/p-1/t16-,21?,22?,23+,26+,27+,28+,29+;/m1./s1. The van der Waals surface area contributed by atoms with Gasteiger partial charge in [-0.2, -0.15) is 0 Å². The van der Waals surface area contributed by atoms with Crippen LogP contribution in [0.3, 0.4) is 0 Å². The van der Waals surface area contributed by atoms with E-state index in [0.717, 1.165) is 12.1 Å². The maximum absolute atomic E-state index is 17.4. The van der Waals surface area contributed by atoms with Gasteiger partial charge < -0.3 is 19.5 Å². The minimum atomic E-state index is -4.88. The van der Waals surface area contributed by atoms with Crippen LogP contribution in [0.1, 0.15) is 56.8 Å². The van der Waals surface area contributed by atoms with Crippen LogP contribution in [0.5, 0.6) is 0 Å². The molecule has 1 aromatic rings. The second-order valence-corrected chi connectivity index (χ2v) is 13.5. The molecule has 0 aliphatic heterocycles. The Morgan fingerprint density at radius 1 is 1.22 bits per heavy atom. The van der Waals surface area contributed by atoms with Crippen LogP contribution < -0.4 is 29.6 Å². The maximum Gasteiger partial charge on any atom is 1.00 e. The van der Waals surface area contributed by atoms with E-state index in [1.54, 1.807) is 20.8 Å². The zero-order chi connectivity index (χ0) is 29.5. The number of alkyl halides is 1. The van der Waals surface area contributed by atoms with Crippen LogP contribution in [-0.2, 0) is 24.4 Å². The minimum Gasteiger partial charge on any atom is -0.744 e. The third-order valence-electron chi connectivity index (χ3n) is 10.4. The molecular weight excluding hydrogens is 566 g/mol. The number of Topliss-reactive ketones (excluding diaryl/α,β-unsaturated/α-hetero) is 1. The van der Waals surface area contributed by atoms with Crippen LogP contribution in [0.15, 0.2) is 53.0 Å². The van der Waals surface area contributed by atoms with E-state index in [0.29, 0.717) is 18.4 Å². The molecule has 12 heteroatoms. The molecule has 2 unspecified atom stereocenters. The number of esters is 1. The third kappa shape index (κ3) is 4.38. The quantitative estimate of drug-likeness (QED) is 0.263. The number of hydrogen-bond donors (Lipinski definition) is 2. The van der Waals surface area contributed by atoms with Gasteiger partial charge in [0.2, 0.25) is 5.78 Å². The molecule has 0 bridgehead atoms. The molecule has 2 N–H and O–H groups in total. The predicted molar refractivity (Wildman–Crippen MR) is 138 cm³/mol. The van der Waals surface area contributed by atoms with Crippen molar-refractivity contribution in [3.63, 3.8) is 0 Å². The minimum absolute atomic E-state index is 0. The molecule has 1 aromatic carbocycles. The van der Waals surface area contributed by atoms with E-state index in [1.807, 2.05) is 0 Å². The van der Waals surface area contributed by atoms with Crippen molar-refractivity contribution in [1.29, 1.82) is 0 Å². The Kier molecular flexibility index (Phi) is 8.22. The summed E-state index contributed by atoms with van der Waals surface area (Å²) >= 11 is 0. The van der Waals surface area contributed by atoms with Crippen LogP contribution in [0.2, 0.25) is 0 Å². The molecule has 5 rings (SSSR count). The number of fused-ring (bicyclic) bond motifs is 5. The molecule has 3 fully saturated rings. The van der Waals surface area contributed by atoms with E-state index < -0.39 is 79.3 Å². The van der Waals surface area contributed by atoms with E-state index >= 15 is 4.39 Å². The summed E-state index contributed by atoms with van der Waals surface area (Å²) in [5, 5.41) is 21.6. The first-order chi connectivity index (χ1) is 18.6. The van der Waals surface area contributed by atoms with Crippen molar-refractivity contribution in [3.05, 3.63) is 53.6 Å². The van der Waals surface area contributed by atoms with E-state index in [-0.39, 0.29) is 53.7 Å². The largest absolute Gasteiger partial charge is 1.00 e. The van der Waals surface area contributed by atoms with Gasteiger partial charge in [0.15, 0.2) is 17.1 Å². The fourth-order valence-electron chi connectivity index (χ4n) is 8.50. The molecule has 0 spiro atoms. The molecular formula is C29H32FNaO9S. The van der Waals surface area contributed by atoms with Crippen molar-refractivity contribution >= 4 is 27.7 Å². The number of ketones is 2. The normalized spacial score (nSPS) is 39.5. The van der Waals surface area contributed by atoms with Crippen LogP contribution in [0.4, 0.5) is 4.39 Å². The van der Waals surface area contributed by atoms with Gasteiger partial charge in [0, 0.05) is 22.7 Å². The molecule has 0 saturated heterocycles. The van der Waals surface area contributed by atoms with Crippen molar-refractivity contribution in [2.45, 2.75) is 68.7 Å². The van der Waals surface area contributed by atoms with Gasteiger partial charge in [0.1, 0.15) is 16.7 Å². The van der Waals surface area contributed by atoms with Crippen LogP contribution in [0, 0.1) is 28.6 Å². The number of carbonyl (C=O) groups excluding carboxylic acids is 3. The van der Waals surface area contributed by atoms with Gasteiger partial charge in [0.25, 0.3) is 0 Å². The predicted octanol–water partition coefficient (Wildman–Crippen LogP) is -0.331. The molecule has 0 amide bonds. The smallest absolute Gasteiger partial charge is 0.744 e. The first-order valence-corrected chi connectivity index (χ1v) is 14.7. The molecule has 0 heterocycles. The van der Waals surface area contributed by atoms with E-state index in [1.165, 1.54) is 30.4 Å². The molecule has 9 nitrogen and oxygen atoms in total. The van der Waals surface area contributed by atoms with Gasteiger partial charge in [0.05, 0.1) is 16.6 Å². The number of benzene rings is 1. The van der Waals surface area contributed by atoms with Crippen molar-refractivity contribution in [2.75, 3.05) is 6.61 Å². The Bertz CT molecular complexity index is 1470. The summed E-state index contributed by atoms with van der Waals surface area (Å²) in [6, 6.07) is 4.32. The molecule has 4 aliphatic carbocycles. The van der Waals surface area contributed by atoms with Gasteiger partial charge in [-0.1, -0.05) is 31.6 Å². The maximum atomic E-state index is 17.4. The fourth-order valence-corrected chi connectivity index (χ4v) is 9.02. The summed E-state index contributed by atoms with van der Waals surface area (Å²) in [7, 11) is -4.88. The van der Waals surface area contributed by atoms with Crippen LogP contribution >= 0.6 is 0 Å². The number of hydrogen-bond acceptors (Lipinski definition) is 9. The first-order valence-electron chi connectivity index (χ1n) is 13.3. The van der Waals surface area contributed by atoms with Gasteiger partial charge in [-0.3, -0.25) is 9.59 Å². The molecule has 41 heavy (non-hydrogen) atoms. The molecule has 216 valence electrons. The van der Waals surface area contributed by atoms with Crippen LogP contribution in [-0.4, -0.2) is 64.7 Å². The monoisotopic (exact) mass is 598 g/mol. The van der Waals surface area contributed by atoms with Crippen molar-refractivity contribution in [2.24, 2.45) is 28.6 Å². The zero-order valence-electron chi connectivity index (χ0n) is 23.4. The van der Waals surface area contributed by atoms with Gasteiger partial charge >= 0.3 is 35.5 Å². The molecule has 4 aliphatic rings. The SMILES string of the molecule is C[C@@H]1CC2C3CCC4=CC(=O)C=C[C@]4(C)[C@@]3(F)[C@@H](O)C[C@]2(C)[C@@]1(OC(=O)c1cccc(S(=O)(=O)[O-])c1)C(=O)CO.[Na+]. The Balaban J connectivity index is 0.00000387.